The van der Waals surface area contributed by atoms with Crippen LogP contribution in [0.15, 0.2) is 36.4 Å². The Labute approximate surface area is 170 Å². The molecular weight excluding hydrogens is 366 g/mol. The molecule has 0 aliphatic rings. The highest BCUT2D eigenvalue weighted by molar-refractivity contribution is 6.04. The Bertz CT molecular complexity index is 1060. The minimum atomic E-state index is -0.345. The van der Waals surface area contributed by atoms with E-state index in [0.717, 1.165) is 33.6 Å². The van der Waals surface area contributed by atoms with E-state index in [1.165, 1.54) is 4.68 Å². The molecule has 2 N–H and O–H groups in total. The van der Waals surface area contributed by atoms with Gasteiger partial charge in [-0.05, 0) is 63.4 Å². The minimum absolute atomic E-state index is 0.0252. The van der Waals surface area contributed by atoms with E-state index in [2.05, 4.69) is 20.9 Å². The summed E-state index contributed by atoms with van der Waals surface area (Å²) in [6.45, 7) is 9.58. The lowest BCUT2D eigenvalue weighted by molar-refractivity contribution is -0.117. The molecule has 7 nitrogen and oxygen atoms in total. The molecule has 1 heterocycles. The Morgan fingerprint density at radius 1 is 0.931 bits per heavy atom. The summed E-state index contributed by atoms with van der Waals surface area (Å²) in [6, 6.07) is 11.6. The van der Waals surface area contributed by atoms with Crippen LogP contribution in [-0.2, 0) is 11.3 Å². The van der Waals surface area contributed by atoms with Crippen LogP contribution in [0.2, 0.25) is 0 Å². The number of carbonyl (C=O) groups is 2. The van der Waals surface area contributed by atoms with Gasteiger partial charge in [0.05, 0.1) is 5.69 Å². The molecule has 0 saturated carbocycles. The van der Waals surface area contributed by atoms with E-state index in [-0.39, 0.29) is 24.1 Å². The van der Waals surface area contributed by atoms with Crippen molar-refractivity contribution < 1.29 is 9.59 Å². The number of amides is 2. The number of benzene rings is 2. The Morgan fingerprint density at radius 3 is 2.28 bits per heavy atom. The molecule has 0 unspecified atom stereocenters. The van der Waals surface area contributed by atoms with Crippen molar-refractivity contribution in [2.75, 3.05) is 10.6 Å². The van der Waals surface area contributed by atoms with Gasteiger partial charge in [0.25, 0.3) is 5.91 Å². The predicted octanol–water partition coefficient (Wildman–Crippen LogP) is 3.71. The number of carbonyl (C=O) groups excluding carboxylic acids is 2. The van der Waals surface area contributed by atoms with Gasteiger partial charge in [-0.15, -0.1) is 5.10 Å². The lowest BCUT2D eigenvalue weighted by atomic mass is 10.0. The first-order valence-electron chi connectivity index (χ1n) is 9.40. The van der Waals surface area contributed by atoms with Crippen LogP contribution in [0.1, 0.15) is 38.4 Å². The molecule has 3 rings (SSSR count). The van der Waals surface area contributed by atoms with Gasteiger partial charge in [0.1, 0.15) is 6.54 Å². The van der Waals surface area contributed by atoms with Crippen LogP contribution in [0, 0.1) is 34.6 Å². The normalized spacial score (nSPS) is 10.7. The molecule has 29 heavy (non-hydrogen) atoms. The first kappa shape index (κ1) is 20.3. The number of hydrogen-bond donors (Lipinski definition) is 2. The van der Waals surface area contributed by atoms with E-state index in [0.29, 0.717) is 5.69 Å². The maximum absolute atomic E-state index is 12.7. The van der Waals surface area contributed by atoms with Gasteiger partial charge >= 0.3 is 0 Å². The molecule has 0 aliphatic carbocycles. The number of rotatable bonds is 5. The molecule has 1 aromatic heterocycles. The van der Waals surface area contributed by atoms with Gasteiger partial charge < -0.3 is 10.6 Å². The smallest absolute Gasteiger partial charge is 0.278 e. The van der Waals surface area contributed by atoms with E-state index in [1.54, 1.807) is 6.92 Å². The highest BCUT2D eigenvalue weighted by Gasteiger charge is 2.19. The summed E-state index contributed by atoms with van der Waals surface area (Å²) in [7, 11) is 0. The first-order chi connectivity index (χ1) is 13.7. The number of anilines is 2. The van der Waals surface area contributed by atoms with E-state index in [9.17, 15) is 9.59 Å². The predicted molar refractivity (Wildman–Crippen MR) is 113 cm³/mol. The molecule has 0 radical (unpaired) electrons. The molecule has 0 saturated heterocycles. The van der Waals surface area contributed by atoms with Gasteiger partial charge in [-0.25, -0.2) is 4.68 Å². The van der Waals surface area contributed by atoms with Crippen molar-refractivity contribution in [2.45, 2.75) is 41.2 Å². The molecular formula is C22H25N5O2. The number of nitrogens with one attached hydrogen (secondary N) is 2. The van der Waals surface area contributed by atoms with Crippen molar-refractivity contribution in [3.8, 4) is 0 Å². The molecule has 7 heteroatoms. The summed E-state index contributed by atoms with van der Waals surface area (Å²) in [5.74, 6) is -0.580. The molecule has 0 fully saturated rings. The van der Waals surface area contributed by atoms with Gasteiger partial charge in [-0.3, -0.25) is 9.59 Å². The summed E-state index contributed by atoms with van der Waals surface area (Å²) >= 11 is 0. The van der Waals surface area contributed by atoms with Crippen LogP contribution >= 0.6 is 0 Å². The number of aryl methyl sites for hydroxylation is 4. The van der Waals surface area contributed by atoms with Crippen LogP contribution in [0.5, 0.6) is 0 Å². The van der Waals surface area contributed by atoms with E-state index in [1.807, 2.05) is 64.1 Å². The molecule has 2 aromatic carbocycles. The molecule has 0 spiro atoms. The van der Waals surface area contributed by atoms with Crippen molar-refractivity contribution in [3.63, 3.8) is 0 Å². The van der Waals surface area contributed by atoms with Gasteiger partial charge in [-0.1, -0.05) is 35.0 Å². The van der Waals surface area contributed by atoms with Gasteiger partial charge in [0, 0.05) is 11.4 Å². The average Bonchev–Trinajstić information content (AvgIpc) is 2.98. The van der Waals surface area contributed by atoms with Crippen LogP contribution < -0.4 is 10.6 Å². The molecule has 0 aliphatic heterocycles. The Kier molecular flexibility index (Phi) is 5.77. The van der Waals surface area contributed by atoms with Crippen molar-refractivity contribution >= 4 is 23.2 Å². The second-order valence-corrected chi connectivity index (χ2v) is 7.33. The fourth-order valence-corrected chi connectivity index (χ4v) is 3.33. The van der Waals surface area contributed by atoms with E-state index >= 15 is 0 Å². The summed E-state index contributed by atoms with van der Waals surface area (Å²) in [4.78, 5) is 25.1. The third kappa shape index (κ3) is 4.68. The molecule has 150 valence electrons. The molecule has 3 aromatic rings. The van der Waals surface area contributed by atoms with Crippen molar-refractivity contribution in [1.29, 1.82) is 0 Å². The summed E-state index contributed by atoms with van der Waals surface area (Å²) in [6.07, 6.45) is 0. The second kappa shape index (κ2) is 8.26. The van der Waals surface area contributed by atoms with Gasteiger partial charge in [0.2, 0.25) is 5.91 Å². The SMILES string of the molecule is Cc1cccc(NC(=O)Cn2nnc(C(=O)Nc3c(C)cc(C)cc3C)c2C)c1. The third-order valence-electron chi connectivity index (χ3n) is 4.71. The summed E-state index contributed by atoms with van der Waals surface area (Å²) in [5.41, 5.74) is 6.39. The Balaban J connectivity index is 1.72. The maximum atomic E-state index is 12.7. The van der Waals surface area contributed by atoms with Gasteiger partial charge in [-0.2, -0.15) is 0 Å². The van der Waals surface area contributed by atoms with E-state index in [4.69, 9.17) is 0 Å². The zero-order valence-electron chi connectivity index (χ0n) is 17.3. The quantitative estimate of drug-likeness (QED) is 0.694. The zero-order chi connectivity index (χ0) is 21.1. The van der Waals surface area contributed by atoms with Gasteiger partial charge in [0.15, 0.2) is 5.69 Å². The highest BCUT2D eigenvalue weighted by Crippen LogP contribution is 2.22. The monoisotopic (exact) mass is 391 g/mol. The maximum Gasteiger partial charge on any atom is 0.278 e. The topological polar surface area (TPSA) is 88.9 Å². The fourth-order valence-electron chi connectivity index (χ4n) is 3.33. The number of nitrogens with zero attached hydrogens (tertiary/aromatic N) is 3. The summed E-state index contributed by atoms with van der Waals surface area (Å²) < 4.78 is 1.43. The van der Waals surface area contributed by atoms with Crippen molar-refractivity contribution in [3.05, 3.63) is 70.0 Å². The first-order valence-corrected chi connectivity index (χ1v) is 9.40. The number of aromatic nitrogens is 3. The number of hydrogen-bond acceptors (Lipinski definition) is 4. The van der Waals surface area contributed by atoms with Crippen molar-refractivity contribution in [2.24, 2.45) is 0 Å². The van der Waals surface area contributed by atoms with Crippen LogP contribution in [0.4, 0.5) is 11.4 Å². The minimum Gasteiger partial charge on any atom is -0.324 e. The van der Waals surface area contributed by atoms with Crippen molar-refractivity contribution in [1.82, 2.24) is 15.0 Å². The third-order valence-corrected chi connectivity index (χ3v) is 4.71. The average molecular weight is 391 g/mol. The summed E-state index contributed by atoms with van der Waals surface area (Å²) in [5, 5.41) is 13.7. The molecule has 0 atom stereocenters. The molecule has 2 amide bonds. The Morgan fingerprint density at radius 2 is 1.62 bits per heavy atom. The van der Waals surface area contributed by atoms with Crippen LogP contribution in [0.25, 0.3) is 0 Å². The second-order valence-electron chi connectivity index (χ2n) is 7.33. The lowest BCUT2D eigenvalue weighted by Crippen LogP contribution is -2.21. The Hall–Kier alpha value is -3.48. The lowest BCUT2D eigenvalue weighted by Gasteiger charge is -2.12. The fraction of sp³-hybridized carbons (Fsp3) is 0.273. The zero-order valence-corrected chi connectivity index (χ0v) is 17.3. The van der Waals surface area contributed by atoms with Crippen LogP contribution in [-0.4, -0.2) is 26.8 Å². The highest BCUT2D eigenvalue weighted by atomic mass is 16.2. The largest absolute Gasteiger partial charge is 0.324 e. The van der Waals surface area contributed by atoms with Crippen LogP contribution in [0.3, 0.4) is 0 Å². The molecule has 0 bridgehead atoms. The van der Waals surface area contributed by atoms with E-state index < -0.39 is 0 Å². The standard InChI is InChI=1S/C22H25N5O2/c1-13-7-6-8-18(11-13)23-19(28)12-27-17(5)21(25-26-27)22(29)24-20-15(3)9-14(2)10-16(20)4/h6-11H,12H2,1-5H3,(H,23,28)(H,24,29).